The second-order valence-electron chi connectivity index (χ2n) is 5.04. The third-order valence-corrected chi connectivity index (χ3v) is 3.45. The lowest BCUT2D eigenvalue weighted by molar-refractivity contribution is -0.110. The molecule has 1 atom stereocenters. The van der Waals surface area contributed by atoms with Gasteiger partial charge in [-0.3, -0.25) is 0 Å². The summed E-state index contributed by atoms with van der Waals surface area (Å²) in [6.07, 6.45) is 3.65. The number of nitrogens with zero attached hydrogens (tertiary/aromatic N) is 2. The predicted octanol–water partition coefficient (Wildman–Crippen LogP) is 3.38. The molecule has 0 aliphatic rings. The Morgan fingerprint density at radius 2 is 1.90 bits per heavy atom. The third kappa shape index (κ3) is 2.23. The molecular formula is C17H16N2O. The van der Waals surface area contributed by atoms with Crippen LogP contribution in [0.3, 0.4) is 0 Å². The summed E-state index contributed by atoms with van der Waals surface area (Å²) in [5.41, 5.74) is 4.26. The van der Waals surface area contributed by atoms with E-state index in [1.807, 2.05) is 54.0 Å². The highest BCUT2D eigenvalue weighted by Gasteiger charge is 2.16. The van der Waals surface area contributed by atoms with Crippen LogP contribution in [0.5, 0.6) is 0 Å². The highest BCUT2D eigenvalue weighted by molar-refractivity contribution is 5.73. The fourth-order valence-electron chi connectivity index (χ4n) is 2.45. The van der Waals surface area contributed by atoms with Crippen LogP contribution < -0.4 is 0 Å². The number of carbonyl (C=O) groups excluding carboxylic acids is 1. The van der Waals surface area contributed by atoms with Crippen molar-refractivity contribution in [3.8, 4) is 11.3 Å². The molecule has 20 heavy (non-hydrogen) atoms. The minimum absolute atomic E-state index is 0.00864. The molecule has 0 bridgehead atoms. The normalized spacial score (nSPS) is 12.4. The molecule has 3 rings (SSSR count). The zero-order chi connectivity index (χ0) is 13.9. The lowest BCUT2D eigenvalue weighted by Crippen LogP contribution is -2.01. The summed E-state index contributed by atoms with van der Waals surface area (Å²) in [7, 11) is 0. The molecule has 3 aromatic rings. The SMILES string of the molecule is CC(C=O)Cc1c(-c2ccccc2)nn2ccccc12. The van der Waals surface area contributed by atoms with Crippen molar-refractivity contribution in [2.75, 3.05) is 0 Å². The molecule has 2 aromatic heterocycles. The molecule has 100 valence electrons. The van der Waals surface area contributed by atoms with Crippen LogP contribution >= 0.6 is 0 Å². The van der Waals surface area contributed by atoms with Crippen molar-refractivity contribution in [3.63, 3.8) is 0 Å². The van der Waals surface area contributed by atoms with Crippen molar-refractivity contribution >= 4 is 11.8 Å². The van der Waals surface area contributed by atoms with Gasteiger partial charge in [-0.25, -0.2) is 4.52 Å². The van der Waals surface area contributed by atoms with Gasteiger partial charge in [-0.15, -0.1) is 0 Å². The van der Waals surface area contributed by atoms with Gasteiger partial charge in [0.25, 0.3) is 0 Å². The summed E-state index contributed by atoms with van der Waals surface area (Å²) < 4.78 is 1.88. The van der Waals surface area contributed by atoms with E-state index < -0.39 is 0 Å². The summed E-state index contributed by atoms with van der Waals surface area (Å²) in [4.78, 5) is 11.0. The highest BCUT2D eigenvalue weighted by atomic mass is 16.1. The van der Waals surface area contributed by atoms with Gasteiger partial charge in [-0.2, -0.15) is 5.10 Å². The van der Waals surface area contributed by atoms with Crippen molar-refractivity contribution in [2.45, 2.75) is 13.3 Å². The maximum Gasteiger partial charge on any atom is 0.123 e. The molecule has 0 N–H and O–H groups in total. The Morgan fingerprint density at radius 1 is 1.15 bits per heavy atom. The number of pyridine rings is 1. The maximum absolute atomic E-state index is 11.0. The summed E-state index contributed by atoms with van der Waals surface area (Å²) in [6.45, 7) is 1.94. The van der Waals surface area contributed by atoms with Crippen LogP contribution in [-0.4, -0.2) is 15.9 Å². The Balaban J connectivity index is 2.20. The molecule has 0 saturated carbocycles. The van der Waals surface area contributed by atoms with Crippen molar-refractivity contribution in [3.05, 3.63) is 60.3 Å². The van der Waals surface area contributed by atoms with E-state index in [0.29, 0.717) is 6.42 Å². The van der Waals surface area contributed by atoms with Gasteiger partial charge in [-0.05, 0) is 18.6 Å². The number of hydrogen-bond donors (Lipinski definition) is 0. The number of carbonyl (C=O) groups is 1. The summed E-state index contributed by atoms with van der Waals surface area (Å²) in [5.74, 6) is -0.00864. The average molecular weight is 264 g/mol. The van der Waals surface area contributed by atoms with Crippen molar-refractivity contribution in [2.24, 2.45) is 5.92 Å². The van der Waals surface area contributed by atoms with Gasteiger partial charge in [0.1, 0.15) is 6.29 Å². The monoisotopic (exact) mass is 264 g/mol. The number of benzene rings is 1. The molecule has 0 spiro atoms. The lowest BCUT2D eigenvalue weighted by atomic mass is 9.98. The average Bonchev–Trinajstić information content (AvgIpc) is 2.87. The van der Waals surface area contributed by atoms with Gasteiger partial charge >= 0.3 is 0 Å². The predicted molar refractivity (Wildman–Crippen MR) is 79.6 cm³/mol. The fraction of sp³-hybridized carbons (Fsp3) is 0.176. The van der Waals surface area contributed by atoms with Crippen LogP contribution in [0.15, 0.2) is 54.7 Å². The first-order chi connectivity index (χ1) is 9.79. The van der Waals surface area contributed by atoms with Gasteiger partial charge in [0.05, 0.1) is 11.2 Å². The van der Waals surface area contributed by atoms with Crippen LogP contribution in [0.1, 0.15) is 12.5 Å². The van der Waals surface area contributed by atoms with E-state index in [0.717, 1.165) is 28.6 Å². The van der Waals surface area contributed by atoms with Crippen LogP contribution in [0.25, 0.3) is 16.8 Å². The van der Waals surface area contributed by atoms with E-state index in [1.54, 1.807) is 0 Å². The van der Waals surface area contributed by atoms with E-state index in [9.17, 15) is 4.79 Å². The molecule has 0 amide bonds. The summed E-state index contributed by atoms with van der Waals surface area (Å²) >= 11 is 0. The Morgan fingerprint density at radius 3 is 2.65 bits per heavy atom. The molecule has 0 saturated heterocycles. The number of aromatic nitrogens is 2. The van der Waals surface area contributed by atoms with E-state index in [4.69, 9.17) is 0 Å². The number of fused-ring (bicyclic) bond motifs is 1. The zero-order valence-electron chi connectivity index (χ0n) is 11.4. The first-order valence-corrected chi connectivity index (χ1v) is 6.76. The highest BCUT2D eigenvalue weighted by Crippen LogP contribution is 2.27. The van der Waals surface area contributed by atoms with Gasteiger partial charge in [0, 0.05) is 23.2 Å². The number of aldehydes is 1. The Bertz CT molecular complexity index is 731. The summed E-state index contributed by atoms with van der Waals surface area (Å²) in [6, 6.07) is 16.1. The van der Waals surface area contributed by atoms with Crippen molar-refractivity contribution < 1.29 is 4.79 Å². The molecular weight excluding hydrogens is 248 g/mol. The third-order valence-electron chi connectivity index (χ3n) is 3.45. The van der Waals surface area contributed by atoms with Crippen molar-refractivity contribution in [1.29, 1.82) is 0 Å². The number of hydrogen-bond acceptors (Lipinski definition) is 2. The van der Waals surface area contributed by atoms with E-state index in [2.05, 4.69) is 17.2 Å². The Hall–Kier alpha value is -2.42. The van der Waals surface area contributed by atoms with Gasteiger partial charge in [0.15, 0.2) is 0 Å². The quantitative estimate of drug-likeness (QED) is 0.677. The van der Waals surface area contributed by atoms with Gasteiger partial charge < -0.3 is 4.79 Å². The van der Waals surface area contributed by atoms with E-state index in [-0.39, 0.29) is 5.92 Å². The first kappa shape index (κ1) is 12.6. The molecule has 0 aliphatic heterocycles. The molecule has 2 heterocycles. The van der Waals surface area contributed by atoms with E-state index in [1.165, 1.54) is 0 Å². The lowest BCUT2D eigenvalue weighted by Gasteiger charge is -2.05. The minimum atomic E-state index is -0.00864. The maximum atomic E-state index is 11.0. The van der Waals surface area contributed by atoms with Crippen molar-refractivity contribution in [1.82, 2.24) is 9.61 Å². The molecule has 3 nitrogen and oxygen atoms in total. The number of rotatable bonds is 4. The smallest absolute Gasteiger partial charge is 0.123 e. The first-order valence-electron chi connectivity index (χ1n) is 6.76. The molecule has 0 radical (unpaired) electrons. The fourth-order valence-corrected chi connectivity index (χ4v) is 2.45. The van der Waals surface area contributed by atoms with Gasteiger partial charge in [-0.1, -0.05) is 43.3 Å². The largest absolute Gasteiger partial charge is 0.303 e. The van der Waals surface area contributed by atoms with Crippen LogP contribution in [0, 0.1) is 5.92 Å². The van der Waals surface area contributed by atoms with Gasteiger partial charge in [0.2, 0.25) is 0 Å². The Labute approximate surface area is 117 Å². The molecule has 0 fully saturated rings. The second-order valence-corrected chi connectivity index (χ2v) is 5.04. The minimum Gasteiger partial charge on any atom is -0.303 e. The topological polar surface area (TPSA) is 34.4 Å². The second kappa shape index (κ2) is 5.29. The summed E-state index contributed by atoms with van der Waals surface area (Å²) in [5, 5.41) is 4.67. The Kier molecular flexibility index (Phi) is 3.33. The molecule has 0 aliphatic carbocycles. The van der Waals surface area contributed by atoms with Crippen LogP contribution in [0.4, 0.5) is 0 Å². The zero-order valence-corrected chi connectivity index (χ0v) is 11.4. The van der Waals surface area contributed by atoms with Crippen LogP contribution in [0.2, 0.25) is 0 Å². The molecule has 1 unspecified atom stereocenters. The standard InChI is InChI=1S/C17H16N2O/c1-13(12-20)11-15-16-9-5-6-10-19(16)18-17(15)14-7-3-2-4-8-14/h2-10,12-13H,11H2,1H3. The van der Waals surface area contributed by atoms with E-state index >= 15 is 0 Å². The van der Waals surface area contributed by atoms with Crippen LogP contribution in [-0.2, 0) is 11.2 Å². The molecule has 1 aromatic carbocycles. The molecule has 3 heteroatoms.